The molecule has 0 aromatic rings. The molecule has 1 heterocycles. The monoisotopic (exact) mass is 194 g/mol. The minimum atomic E-state index is -0.145. The average Bonchev–Trinajstić information content (AvgIpc) is 2.46. The number of thioether (sulfide) groups is 1. The van der Waals surface area contributed by atoms with Crippen LogP contribution in [0.3, 0.4) is 0 Å². The second-order valence-electron chi connectivity index (χ2n) is 3.74. The molecule has 1 saturated heterocycles. The number of carbonyl (C=O) groups is 1. The molecule has 2 heteroatoms. The molecule has 0 bridgehead atoms. The lowest BCUT2D eigenvalue weighted by Crippen LogP contribution is -2.30. The minimum absolute atomic E-state index is 0.145. The van der Waals surface area contributed by atoms with Crippen molar-refractivity contribution < 1.29 is 4.79 Å². The smallest absolute Gasteiger partial charge is 0.199 e. The third-order valence-electron chi connectivity index (χ3n) is 3.11. The molecule has 0 N–H and O–H groups in total. The maximum Gasteiger partial charge on any atom is 0.199 e. The van der Waals surface area contributed by atoms with Crippen molar-refractivity contribution >= 4 is 16.9 Å². The summed E-state index contributed by atoms with van der Waals surface area (Å²) in [6.45, 7) is 2.18. The molecular formula is C11H14OS. The predicted octanol–water partition coefficient (Wildman–Crippen LogP) is 2.79. The molecular weight excluding hydrogens is 180 g/mol. The maximum atomic E-state index is 11.8. The predicted molar refractivity (Wildman–Crippen MR) is 56.6 cm³/mol. The molecule has 0 saturated carbocycles. The van der Waals surface area contributed by atoms with Crippen molar-refractivity contribution in [3.8, 4) is 0 Å². The van der Waals surface area contributed by atoms with Gasteiger partial charge in [0.05, 0.1) is 5.41 Å². The van der Waals surface area contributed by atoms with Crippen LogP contribution in [0.15, 0.2) is 24.3 Å². The second-order valence-corrected chi connectivity index (χ2v) is 4.73. The van der Waals surface area contributed by atoms with E-state index in [1.165, 1.54) is 11.8 Å². The van der Waals surface area contributed by atoms with Crippen molar-refractivity contribution in [1.82, 2.24) is 0 Å². The van der Waals surface area contributed by atoms with Crippen LogP contribution in [-0.4, -0.2) is 10.9 Å². The molecule has 2 atom stereocenters. The molecule has 1 spiro atoms. The molecule has 0 aromatic heterocycles. The minimum Gasteiger partial charge on any atom is -0.286 e. The number of allylic oxidation sites excluding steroid dienone is 4. The Labute approximate surface area is 83.3 Å². The Hall–Kier alpha value is -0.500. The first kappa shape index (κ1) is 9.07. The van der Waals surface area contributed by atoms with E-state index in [1.807, 2.05) is 12.2 Å². The number of rotatable bonds is 1. The van der Waals surface area contributed by atoms with Crippen LogP contribution in [-0.2, 0) is 4.79 Å². The largest absolute Gasteiger partial charge is 0.286 e. The van der Waals surface area contributed by atoms with Gasteiger partial charge in [0.25, 0.3) is 0 Å². The van der Waals surface area contributed by atoms with Crippen LogP contribution in [0.1, 0.15) is 19.8 Å². The molecule has 1 unspecified atom stereocenters. The van der Waals surface area contributed by atoms with Gasteiger partial charge < -0.3 is 0 Å². The zero-order valence-corrected chi connectivity index (χ0v) is 8.64. The normalized spacial score (nSPS) is 37.6. The van der Waals surface area contributed by atoms with Crippen molar-refractivity contribution in [3.05, 3.63) is 24.3 Å². The molecule has 1 aliphatic heterocycles. The van der Waals surface area contributed by atoms with Gasteiger partial charge in [-0.3, -0.25) is 4.79 Å². The van der Waals surface area contributed by atoms with Crippen molar-refractivity contribution in [2.75, 3.05) is 5.75 Å². The first-order valence-corrected chi connectivity index (χ1v) is 5.80. The highest BCUT2D eigenvalue weighted by molar-refractivity contribution is 8.14. The number of hydrogen-bond donors (Lipinski definition) is 0. The van der Waals surface area contributed by atoms with Crippen LogP contribution in [0, 0.1) is 11.3 Å². The molecule has 0 aromatic carbocycles. The van der Waals surface area contributed by atoms with E-state index in [1.54, 1.807) is 0 Å². The zero-order chi connectivity index (χ0) is 9.31. The van der Waals surface area contributed by atoms with Gasteiger partial charge in [0.2, 0.25) is 0 Å². The summed E-state index contributed by atoms with van der Waals surface area (Å²) >= 11 is 1.51. The van der Waals surface area contributed by atoms with Gasteiger partial charge in [-0.25, -0.2) is 0 Å². The van der Waals surface area contributed by atoms with Crippen LogP contribution in [0.4, 0.5) is 0 Å². The van der Waals surface area contributed by atoms with Gasteiger partial charge in [-0.2, -0.15) is 0 Å². The lowest BCUT2D eigenvalue weighted by atomic mass is 9.72. The van der Waals surface area contributed by atoms with Crippen molar-refractivity contribution in [1.29, 1.82) is 0 Å². The van der Waals surface area contributed by atoms with Gasteiger partial charge in [0.15, 0.2) is 5.12 Å². The van der Waals surface area contributed by atoms with E-state index >= 15 is 0 Å². The van der Waals surface area contributed by atoms with E-state index in [4.69, 9.17) is 0 Å². The molecule has 13 heavy (non-hydrogen) atoms. The summed E-state index contributed by atoms with van der Waals surface area (Å²) in [6, 6.07) is 0. The van der Waals surface area contributed by atoms with E-state index in [0.717, 1.165) is 18.6 Å². The summed E-state index contributed by atoms with van der Waals surface area (Å²) in [5, 5.41) is 0.375. The van der Waals surface area contributed by atoms with Crippen LogP contribution in [0.5, 0.6) is 0 Å². The van der Waals surface area contributed by atoms with E-state index in [2.05, 4.69) is 19.1 Å². The van der Waals surface area contributed by atoms with E-state index in [0.29, 0.717) is 11.0 Å². The third-order valence-corrected chi connectivity index (χ3v) is 4.32. The average molecular weight is 194 g/mol. The Bertz CT molecular complexity index is 280. The summed E-state index contributed by atoms with van der Waals surface area (Å²) in [6.07, 6.45) is 10.3. The quantitative estimate of drug-likeness (QED) is 0.638. The molecule has 1 nitrogen and oxygen atoms in total. The van der Waals surface area contributed by atoms with Crippen LogP contribution in [0.25, 0.3) is 0 Å². The van der Waals surface area contributed by atoms with Gasteiger partial charge in [-0.05, 0) is 12.3 Å². The lowest BCUT2D eigenvalue weighted by Gasteiger charge is -2.29. The Morgan fingerprint density at radius 1 is 1.62 bits per heavy atom. The van der Waals surface area contributed by atoms with Crippen LogP contribution >= 0.6 is 11.8 Å². The maximum absolute atomic E-state index is 11.8. The highest BCUT2D eigenvalue weighted by atomic mass is 32.2. The topological polar surface area (TPSA) is 17.1 Å². The van der Waals surface area contributed by atoms with Gasteiger partial charge in [0, 0.05) is 5.75 Å². The van der Waals surface area contributed by atoms with Crippen LogP contribution in [0.2, 0.25) is 0 Å². The molecule has 2 aliphatic rings. The van der Waals surface area contributed by atoms with Crippen molar-refractivity contribution in [3.63, 3.8) is 0 Å². The molecule has 0 amide bonds. The van der Waals surface area contributed by atoms with E-state index < -0.39 is 0 Å². The Kier molecular flexibility index (Phi) is 2.33. The Balaban J connectivity index is 2.31. The van der Waals surface area contributed by atoms with Gasteiger partial charge in [-0.15, -0.1) is 0 Å². The fourth-order valence-corrected chi connectivity index (χ4v) is 3.67. The fraction of sp³-hybridized carbons (Fsp3) is 0.545. The molecule has 70 valence electrons. The molecule has 2 rings (SSSR count). The van der Waals surface area contributed by atoms with Gasteiger partial charge >= 0.3 is 0 Å². The summed E-state index contributed by atoms with van der Waals surface area (Å²) in [5.41, 5.74) is -0.145. The summed E-state index contributed by atoms with van der Waals surface area (Å²) in [4.78, 5) is 11.8. The first-order valence-electron chi connectivity index (χ1n) is 4.81. The lowest BCUT2D eigenvalue weighted by molar-refractivity contribution is -0.118. The van der Waals surface area contributed by atoms with Crippen molar-refractivity contribution in [2.24, 2.45) is 11.3 Å². The van der Waals surface area contributed by atoms with E-state index in [9.17, 15) is 4.79 Å². The van der Waals surface area contributed by atoms with Gasteiger partial charge in [0.1, 0.15) is 0 Å². The summed E-state index contributed by atoms with van der Waals surface area (Å²) in [5.74, 6) is 1.55. The zero-order valence-electron chi connectivity index (χ0n) is 7.82. The molecule has 1 aliphatic carbocycles. The summed E-state index contributed by atoms with van der Waals surface area (Å²) in [7, 11) is 0. The molecule has 1 fully saturated rings. The Morgan fingerprint density at radius 2 is 2.46 bits per heavy atom. The van der Waals surface area contributed by atoms with Crippen molar-refractivity contribution in [2.45, 2.75) is 19.8 Å². The first-order chi connectivity index (χ1) is 6.29. The van der Waals surface area contributed by atoms with E-state index in [-0.39, 0.29) is 5.41 Å². The number of hydrogen-bond acceptors (Lipinski definition) is 2. The van der Waals surface area contributed by atoms with Gasteiger partial charge in [-0.1, -0.05) is 49.4 Å². The third kappa shape index (κ3) is 1.28. The van der Waals surface area contributed by atoms with Crippen LogP contribution < -0.4 is 0 Å². The SMILES string of the molecule is CCC1CSC(=O)[C@]12C=CC=CC2. The molecule has 0 radical (unpaired) electrons. The highest BCUT2D eigenvalue weighted by Crippen LogP contribution is 2.49. The standard InChI is InChI=1S/C11H14OS/c1-2-9-8-13-10(12)11(9)6-4-3-5-7-11/h3-6,9H,2,7-8H2,1H3/t9?,11-/m0/s1. The second kappa shape index (κ2) is 3.33. The Morgan fingerprint density at radius 3 is 3.08 bits per heavy atom. The summed E-state index contributed by atoms with van der Waals surface area (Å²) < 4.78 is 0. The fourth-order valence-electron chi connectivity index (χ4n) is 2.20. The highest BCUT2D eigenvalue weighted by Gasteiger charge is 2.47. The number of carbonyl (C=O) groups excluding carboxylic acids is 1.